The molecule has 42 heavy (non-hydrogen) atoms. The lowest BCUT2D eigenvalue weighted by molar-refractivity contribution is -0.137. The second-order valence-electron chi connectivity index (χ2n) is 11.4. The Morgan fingerprint density at radius 3 is 2.67 bits per heavy atom. The summed E-state index contributed by atoms with van der Waals surface area (Å²) in [7, 11) is 2.18. The molecule has 2 bridgehead atoms. The van der Waals surface area contributed by atoms with E-state index in [4.69, 9.17) is 0 Å². The van der Waals surface area contributed by atoms with Crippen LogP contribution in [0, 0.1) is 6.92 Å². The molecule has 3 aromatic rings. The highest BCUT2D eigenvalue weighted by Crippen LogP contribution is 2.42. The summed E-state index contributed by atoms with van der Waals surface area (Å²) in [6.07, 6.45) is 1.20. The number of aryl methyl sites for hydroxylation is 2. The number of benzene rings is 1. The van der Waals surface area contributed by atoms with Crippen molar-refractivity contribution in [3.05, 3.63) is 46.5 Å². The minimum absolute atomic E-state index is 0.126. The summed E-state index contributed by atoms with van der Waals surface area (Å²) in [4.78, 5) is 28.8. The number of nitrogens with one attached hydrogen (secondary N) is 1. The van der Waals surface area contributed by atoms with Gasteiger partial charge in [-0.1, -0.05) is 6.92 Å². The van der Waals surface area contributed by atoms with Gasteiger partial charge in [0.2, 0.25) is 12.4 Å². The number of halogens is 3. The molecule has 3 fully saturated rings. The van der Waals surface area contributed by atoms with Gasteiger partial charge >= 0.3 is 6.18 Å². The molecule has 1 aliphatic carbocycles. The molecule has 224 valence electrons. The zero-order valence-electron chi connectivity index (χ0n) is 23.9. The number of carbonyl (C=O) groups excluding carboxylic acids is 1. The summed E-state index contributed by atoms with van der Waals surface area (Å²) < 4.78 is 42.2. The number of aromatic nitrogens is 2. The van der Waals surface area contributed by atoms with Crippen LogP contribution in [-0.4, -0.2) is 76.7 Å². The highest BCUT2D eigenvalue weighted by molar-refractivity contribution is 7.99. The molecule has 1 aromatic carbocycles. The third kappa shape index (κ3) is 5.98. The van der Waals surface area contributed by atoms with Crippen LogP contribution in [0.3, 0.4) is 0 Å². The van der Waals surface area contributed by atoms with Gasteiger partial charge in [0, 0.05) is 70.9 Å². The second kappa shape index (κ2) is 11.7. The number of carbonyl (C=O) groups is 1. The first-order valence-electron chi connectivity index (χ1n) is 14.4. The molecule has 3 aliphatic rings. The van der Waals surface area contributed by atoms with Crippen LogP contribution in [0.25, 0.3) is 10.6 Å². The number of hydrogen-bond donors (Lipinski definition) is 1. The van der Waals surface area contributed by atoms with E-state index in [0.29, 0.717) is 35.3 Å². The number of hydrogen-bond acceptors (Lipinski definition) is 8. The van der Waals surface area contributed by atoms with Gasteiger partial charge in [-0.05, 0) is 69.5 Å². The van der Waals surface area contributed by atoms with Crippen LogP contribution in [-0.2, 0) is 17.4 Å². The molecular weight excluding hydrogens is 581 g/mol. The van der Waals surface area contributed by atoms with E-state index in [0.717, 1.165) is 66.0 Å². The smallest absolute Gasteiger partial charge is 0.366 e. The van der Waals surface area contributed by atoms with Gasteiger partial charge in [0.05, 0.1) is 10.6 Å². The SMILES string of the molecule is CCc1cc(N2CC3CC2CN3C)ccc1Nc1ncc(C(F)(F)F)c(-c2cc(SCCN(C=O)C3CC3)c(C)s2)n1. The Labute approximate surface area is 252 Å². The number of thiophene rings is 1. The molecular formula is C30H35F3N6OS2. The summed E-state index contributed by atoms with van der Waals surface area (Å²) in [6, 6.07) is 9.46. The van der Waals surface area contributed by atoms with Crippen molar-refractivity contribution in [2.24, 2.45) is 0 Å². The van der Waals surface area contributed by atoms with E-state index in [1.807, 2.05) is 17.9 Å². The number of amides is 1. The first kappa shape index (κ1) is 29.3. The number of thioether (sulfide) groups is 1. The number of nitrogens with zero attached hydrogens (tertiary/aromatic N) is 5. The number of anilines is 3. The van der Waals surface area contributed by atoms with E-state index in [-0.39, 0.29) is 11.6 Å². The van der Waals surface area contributed by atoms with Crippen LogP contribution in [0.2, 0.25) is 0 Å². The minimum atomic E-state index is -4.59. The highest BCUT2D eigenvalue weighted by Gasteiger charge is 2.41. The number of piperazine rings is 1. The van der Waals surface area contributed by atoms with Crippen LogP contribution in [0.5, 0.6) is 0 Å². The maximum Gasteiger partial charge on any atom is 0.420 e. The van der Waals surface area contributed by atoms with Gasteiger partial charge in [-0.25, -0.2) is 9.97 Å². The van der Waals surface area contributed by atoms with E-state index in [1.54, 1.807) is 17.8 Å². The molecule has 6 rings (SSSR count). The largest absolute Gasteiger partial charge is 0.420 e. The molecule has 1 N–H and O–H groups in total. The molecule has 1 saturated carbocycles. The Hall–Kier alpha value is -2.83. The van der Waals surface area contributed by atoms with E-state index < -0.39 is 11.7 Å². The molecule has 2 atom stereocenters. The Morgan fingerprint density at radius 2 is 2.02 bits per heavy atom. The maximum absolute atomic E-state index is 14.1. The monoisotopic (exact) mass is 616 g/mol. The van der Waals surface area contributed by atoms with Gasteiger partial charge < -0.3 is 15.1 Å². The van der Waals surface area contributed by atoms with Crippen molar-refractivity contribution in [1.29, 1.82) is 0 Å². The molecule has 7 nitrogen and oxygen atoms in total. The van der Waals surface area contributed by atoms with Gasteiger partial charge in [-0.2, -0.15) is 13.2 Å². The molecule has 0 radical (unpaired) electrons. The number of fused-ring (bicyclic) bond motifs is 2. The van der Waals surface area contributed by atoms with Crippen molar-refractivity contribution in [1.82, 2.24) is 19.8 Å². The van der Waals surface area contributed by atoms with Crippen molar-refractivity contribution < 1.29 is 18.0 Å². The molecule has 1 amide bonds. The van der Waals surface area contributed by atoms with Gasteiger partial charge in [-0.15, -0.1) is 23.1 Å². The van der Waals surface area contributed by atoms with Crippen LogP contribution >= 0.6 is 23.1 Å². The molecule has 2 aromatic heterocycles. The Morgan fingerprint density at radius 1 is 1.21 bits per heavy atom. The molecule has 2 saturated heterocycles. The lowest BCUT2D eigenvalue weighted by Gasteiger charge is -2.34. The second-order valence-corrected chi connectivity index (χ2v) is 13.8. The maximum atomic E-state index is 14.1. The lowest BCUT2D eigenvalue weighted by atomic mass is 10.1. The third-order valence-corrected chi connectivity index (χ3v) is 10.8. The zero-order chi connectivity index (χ0) is 29.6. The number of likely N-dealkylation sites (N-methyl/N-ethyl adjacent to an activating group) is 1. The zero-order valence-corrected chi connectivity index (χ0v) is 25.6. The van der Waals surface area contributed by atoms with Gasteiger partial charge in [0.25, 0.3) is 0 Å². The van der Waals surface area contributed by atoms with Gasteiger partial charge in [0.1, 0.15) is 5.56 Å². The van der Waals surface area contributed by atoms with Crippen LogP contribution in [0.15, 0.2) is 35.4 Å². The third-order valence-electron chi connectivity index (χ3n) is 8.52. The molecule has 2 unspecified atom stereocenters. The van der Waals surface area contributed by atoms with Crippen LogP contribution in [0.4, 0.5) is 30.5 Å². The standard InChI is InChI=1S/C30H35F3N6OS2/c1-4-19-11-21(39-16-22-12-23(39)15-37(22)3)7-8-25(19)35-29-34-14-24(30(31,32)33)28(36-29)27-13-26(18(2)42-27)41-10-9-38(17-40)20-5-6-20/h7-8,11,13-14,17,20,22-23H,4-6,9-10,12,15-16H2,1-3H3,(H,34,35,36). The molecule has 0 spiro atoms. The average molecular weight is 617 g/mol. The van der Waals surface area contributed by atoms with E-state index >= 15 is 0 Å². The number of alkyl halides is 3. The number of rotatable bonds is 11. The molecule has 4 heterocycles. The van der Waals surface area contributed by atoms with Crippen LogP contribution in [0.1, 0.15) is 42.2 Å². The average Bonchev–Trinajstić information content (AvgIpc) is 3.47. The van der Waals surface area contributed by atoms with E-state index in [1.165, 1.54) is 23.4 Å². The Kier molecular flexibility index (Phi) is 8.14. The first-order chi connectivity index (χ1) is 20.1. The summed E-state index contributed by atoms with van der Waals surface area (Å²) in [5, 5.41) is 3.21. The summed E-state index contributed by atoms with van der Waals surface area (Å²) in [5.41, 5.74) is 2.06. The van der Waals surface area contributed by atoms with Crippen molar-refractivity contribution in [3.8, 4) is 10.6 Å². The highest BCUT2D eigenvalue weighted by atomic mass is 32.2. The predicted molar refractivity (Wildman–Crippen MR) is 163 cm³/mol. The normalized spacial score (nSPS) is 20.4. The predicted octanol–water partition coefficient (Wildman–Crippen LogP) is 6.44. The summed E-state index contributed by atoms with van der Waals surface area (Å²) >= 11 is 2.85. The molecule has 2 aliphatic heterocycles. The topological polar surface area (TPSA) is 64.6 Å². The summed E-state index contributed by atoms with van der Waals surface area (Å²) in [5.74, 6) is 0.814. The number of likely N-dealkylation sites (tertiary alicyclic amines) is 1. The van der Waals surface area contributed by atoms with Crippen molar-refractivity contribution in [2.45, 2.75) is 68.7 Å². The van der Waals surface area contributed by atoms with Gasteiger partial charge in [0.15, 0.2) is 0 Å². The van der Waals surface area contributed by atoms with Crippen molar-refractivity contribution in [2.75, 3.05) is 42.7 Å². The lowest BCUT2D eigenvalue weighted by Crippen LogP contribution is -2.44. The van der Waals surface area contributed by atoms with E-state index in [2.05, 4.69) is 51.2 Å². The fourth-order valence-corrected chi connectivity index (χ4v) is 8.25. The summed E-state index contributed by atoms with van der Waals surface area (Å²) in [6.45, 7) is 6.67. The molecule has 12 heteroatoms. The quantitative estimate of drug-likeness (QED) is 0.196. The first-order valence-corrected chi connectivity index (χ1v) is 16.2. The van der Waals surface area contributed by atoms with Crippen molar-refractivity contribution >= 4 is 46.8 Å². The van der Waals surface area contributed by atoms with E-state index in [9.17, 15) is 18.0 Å². The fraction of sp³-hybridized carbons (Fsp3) is 0.500. The van der Waals surface area contributed by atoms with Crippen molar-refractivity contribution in [3.63, 3.8) is 0 Å². The van der Waals surface area contributed by atoms with Crippen LogP contribution < -0.4 is 10.2 Å². The Bertz CT molecular complexity index is 1460. The Balaban J connectivity index is 1.23. The fourth-order valence-electron chi connectivity index (χ4n) is 6.03. The minimum Gasteiger partial charge on any atom is -0.366 e. The van der Waals surface area contributed by atoms with Gasteiger partial charge in [-0.3, -0.25) is 9.69 Å².